The number of para-hydroxylation sites is 1. The number of rotatable bonds is 5. The lowest BCUT2D eigenvalue weighted by molar-refractivity contribution is 1.28. The van der Waals surface area contributed by atoms with Crippen LogP contribution in [0.5, 0.6) is 0 Å². The van der Waals surface area contributed by atoms with E-state index in [1.807, 2.05) is 91.0 Å². The number of hydrogen-bond donors (Lipinski definition) is 0. The van der Waals surface area contributed by atoms with Crippen LogP contribution in [-0.2, 0) is 0 Å². The largest absolute Gasteiger partial charge is 0.310 e. The van der Waals surface area contributed by atoms with Crippen LogP contribution in [-0.4, -0.2) is 0 Å². The van der Waals surface area contributed by atoms with Gasteiger partial charge in [-0.15, -0.1) is 11.3 Å². The molecule has 0 atom stereocenters. The van der Waals surface area contributed by atoms with Crippen LogP contribution in [0, 0.1) is 0 Å². The average molecular weight is 563 g/mol. The molecule has 2 heteroatoms. The van der Waals surface area contributed by atoms with E-state index >= 15 is 0 Å². The molecule has 0 aliphatic carbocycles. The predicted molar refractivity (Wildman–Crippen MR) is 182 cm³/mol. The first-order valence-corrected chi connectivity index (χ1v) is 14.4. The fourth-order valence-electron chi connectivity index (χ4n) is 5.46. The topological polar surface area (TPSA) is 3.24 Å². The molecule has 0 radical (unpaired) electrons. The van der Waals surface area contributed by atoms with Gasteiger partial charge in [0.2, 0.25) is 0 Å². The minimum atomic E-state index is -0.572. The Kier molecular flexibility index (Phi) is 4.17. The summed E-state index contributed by atoms with van der Waals surface area (Å²) in [5.74, 6) is 0. The summed E-state index contributed by atoms with van der Waals surface area (Å²) in [6, 6.07) is 30.5. The molecule has 1 aromatic heterocycles. The second-order valence-corrected chi connectivity index (χ2v) is 11.0. The first-order chi connectivity index (χ1) is 24.6. The summed E-state index contributed by atoms with van der Waals surface area (Å²) in [6.07, 6.45) is 0. The van der Waals surface area contributed by atoms with Gasteiger partial charge in [0.05, 0.1) is 12.3 Å². The van der Waals surface area contributed by atoms with Gasteiger partial charge < -0.3 is 4.90 Å². The summed E-state index contributed by atoms with van der Waals surface area (Å²) in [6.45, 7) is 0. The fourth-order valence-corrected chi connectivity index (χ4v) is 6.55. The second kappa shape index (κ2) is 10.3. The van der Waals surface area contributed by atoms with Crippen molar-refractivity contribution in [3.05, 3.63) is 164 Å². The molecule has 0 spiro atoms. The lowest BCUT2D eigenvalue weighted by Gasteiger charge is -2.26. The van der Waals surface area contributed by atoms with Crippen LogP contribution in [0.2, 0.25) is 0 Å². The maximum Gasteiger partial charge on any atom is 0.0651 e. The molecule has 0 saturated carbocycles. The van der Waals surface area contributed by atoms with Crippen molar-refractivity contribution in [1.82, 2.24) is 0 Å². The third-order valence-corrected chi connectivity index (χ3v) is 8.59. The lowest BCUT2D eigenvalue weighted by Crippen LogP contribution is -2.09. The Morgan fingerprint density at radius 1 is 0.476 bits per heavy atom. The molecule has 8 rings (SSSR count). The van der Waals surface area contributed by atoms with Crippen LogP contribution < -0.4 is 4.90 Å². The van der Waals surface area contributed by atoms with Crippen molar-refractivity contribution >= 4 is 59.3 Å². The number of hydrogen-bond acceptors (Lipinski definition) is 2. The Labute approximate surface area is 262 Å². The second-order valence-electron chi connectivity index (χ2n) is 9.92. The van der Waals surface area contributed by atoms with E-state index in [0.717, 1.165) is 42.1 Å². The third kappa shape index (κ3) is 4.34. The zero-order valence-electron chi connectivity index (χ0n) is 31.2. The molecule has 7 aromatic carbocycles. The smallest absolute Gasteiger partial charge is 0.0651 e. The molecule has 0 bridgehead atoms. The van der Waals surface area contributed by atoms with Gasteiger partial charge in [0.25, 0.3) is 0 Å². The first-order valence-electron chi connectivity index (χ1n) is 18.0. The van der Waals surface area contributed by atoms with E-state index in [0.29, 0.717) is 11.3 Å². The Balaban J connectivity index is 1.39. The summed E-state index contributed by atoms with van der Waals surface area (Å²) in [5.41, 5.74) is 2.34. The van der Waals surface area contributed by atoms with E-state index in [4.69, 9.17) is 11.0 Å². The molecule has 0 N–H and O–H groups in total. The summed E-state index contributed by atoms with van der Waals surface area (Å²) < 4.78 is 81.7. The average Bonchev–Trinajstić information content (AvgIpc) is 3.53. The molecule has 42 heavy (non-hydrogen) atoms. The highest BCUT2D eigenvalue weighted by Crippen LogP contribution is 2.40. The molecule has 1 heterocycles. The van der Waals surface area contributed by atoms with E-state index in [1.165, 1.54) is 4.90 Å². The Bertz CT molecular complexity index is 2670. The van der Waals surface area contributed by atoms with Crippen molar-refractivity contribution in [2.45, 2.75) is 0 Å². The number of benzene rings is 7. The maximum absolute atomic E-state index is 9.57. The number of fused-ring (bicyclic) bond motifs is 4. The number of nitrogens with zero attached hydrogens (tertiary/aromatic N) is 1. The van der Waals surface area contributed by atoms with Gasteiger partial charge in [-0.2, -0.15) is 0 Å². The molecule has 8 aromatic rings. The normalized spacial score (nSPS) is 14.3. The highest BCUT2D eigenvalue weighted by molar-refractivity contribution is 7.25. The van der Waals surface area contributed by atoms with Gasteiger partial charge in [0, 0.05) is 37.2 Å². The molecule has 0 saturated heterocycles. The van der Waals surface area contributed by atoms with Gasteiger partial charge in [-0.3, -0.25) is 0 Å². The minimum absolute atomic E-state index is 0.105. The van der Waals surface area contributed by atoms with Crippen molar-refractivity contribution < 1.29 is 12.3 Å². The van der Waals surface area contributed by atoms with E-state index in [1.54, 1.807) is 29.5 Å². The summed E-state index contributed by atoms with van der Waals surface area (Å²) >= 11 is 1.63. The van der Waals surface area contributed by atoms with E-state index in [9.17, 15) is 1.37 Å². The van der Waals surface area contributed by atoms with Crippen LogP contribution in [0.15, 0.2) is 164 Å². The van der Waals surface area contributed by atoms with Gasteiger partial charge in [0.1, 0.15) is 0 Å². The van der Waals surface area contributed by atoms with Gasteiger partial charge in [0.15, 0.2) is 0 Å². The highest BCUT2D eigenvalue weighted by Gasteiger charge is 2.14. The molecule has 0 amide bonds. The summed E-state index contributed by atoms with van der Waals surface area (Å²) in [4.78, 5) is 1.30. The highest BCUT2D eigenvalue weighted by atomic mass is 32.1. The zero-order chi connectivity index (χ0) is 35.7. The first kappa shape index (κ1) is 16.9. The maximum atomic E-state index is 9.57. The number of anilines is 3. The van der Waals surface area contributed by atoms with Crippen LogP contribution >= 0.6 is 11.3 Å². The van der Waals surface area contributed by atoms with Crippen LogP contribution in [0.1, 0.15) is 12.3 Å². The van der Waals surface area contributed by atoms with Gasteiger partial charge in [-0.25, -0.2) is 0 Å². The predicted octanol–water partition coefficient (Wildman–Crippen LogP) is 12.0. The Morgan fingerprint density at radius 2 is 1.19 bits per heavy atom. The standard InChI is InChI=1S/C40H27NS/c1-2-13-32(14-3-1)41(33-23-20-29(21-24-33)36-18-9-11-28-10-4-5-16-35(28)36)34-15-8-12-30(26-34)31-22-25-40-38(27-31)37-17-6-7-19-39(37)42-40/h1-27H/i1D,2D,3D,8D,12D,13D,14D,15D,26D. The fraction of sp³-hybridized carbons (Fsp3) is 0. The minimum Gasteiger partial charge on any atom is -0.310 e. The Hall–Kier alpha value is -5.18. The molecular weight excluding hydrogens is 527 g/mol. The molecule has 0 fully saturated rings. The Morgan fingerprint density at radius 3 is 2.07 bits per heavy atom. The van der Waals surface area contributed by atoms with Crippen LogP contribution in [0.3, 0.4) is 0 Å². The summed E-state index contributed by atoms with van der Waals surface area (Å²) in [5, 5.41) is 4.06. The van der Waals surface area contributed by atoms with Crippen LogP contribution in [0.25, 0.3) is 53.2 Å². The van der Waals surface area contributed by atoms with Crippen molar-refractivity contribution in [2.24, 2.45) is 0 Å². The van der Waals surface area contributed by atoms with Crippen molar-refractivity contribution in [3.63, 3.8) is 0 Å². The molecule has 0 aliphatic rings. The van der Waals surface area contributed by atoms with Gasteiger partial charge in [-0.05, 0) is 87.5 Å². The summed E-state index contributed by atoms with van der Waals surface area (Å²) in [7, 11) is 0. The van der Waals surface area contributed by atoms with Gasteiger partial charge >= 0.3 is 0 Å². The SMILES string of the molecule is [2H]c1c([2H])c([2H])c(N(c2ccc(-c3cccc4ccccc34)cc2)c2c([2H])c([2H])c([2H])c(-c3ccc4sc5ccccc5c4c3)c2[2H])c([2H])c1[2H]. The zero-order valence-corrected chi connectivity index (χ0v) is 23.1. The molecule has 0 unspecified atom stereocenters. The lowest BCUT2D eigenvalue weighted by atomic mass is 9.98. The van der Waals surface area contributed by atoms with E-state index in [2.05, 4.69) is 0 Å². The van der Waals surface area contributed by atoms with Crippen molar-refractivity contribution in [1.29, 1.82) is 0 Å². The molecule has 1 nitrogen and oxygen atoms in total. The molecular formula is C40H27NS. The number of thiophene rings is 1. The molecule has 0 aliphatic heterocycles. The monoisotopic (exact) mass is 562 g/mol. The molecule has 198 valence electrons. The van der Waals surface area contributed by atoms with Crippen molar-refractivity contribution in [3.8, 4) is 22.3 Å². The van der Waals surface area contributed by atoms with E-state index in [-0.39, 0.29) is 29.0 Å². The van der Waals surface area contributed by atoms with Gasteiger partial charge in [-0.1, -0.05) is 109 Å². The van der Waals surface area contributed by atoms with Crippen LogP contribution in [0.4, 0.5) is 17.1 Å². The van der Waals surface area contributed by atoms with E-state index < -0.39 is 42.3 Å². The van der Waals surface area contributed by atoms with Crippen molar-refractivity contribution in [2.75, 3.05) is 4.90 Å². The quantitative estimate of drug-likeness (QED) is 0.202. The third-order valence-electron chi connectivity index (χ3n) is 7.44.